The molecule has 2 aliphatic heterocycles. The quantitative estimate of drug-likeness (QED) is 0.0725. The molecule has 0 saturated carbocycles. The van der Waals surface area contributed by atoms with E-state index in [1.807, 2.05) is 42.4 Å². The summed E-state index contributed by atoms with van der Waals surface area (Å²) in [4.78, 5) is 47.7. The zero-order valence-electron chi connectivity index (χ0n) is 27.5. The third-order valence-corrected chi connectivity index (χ3v) is 6.73. The molecular formula is C32H48N6O10. The Hall–Kier alpha value is -3.90. The third kappa shape index (κ3) is 16.8. The molecule has 1 aromatic carbocycles. The van der Waals surface area contributed by atoms with Gasteiger partial charge in [0.05, 0.1) is 97.9 Å². The molecule has 0 atom stereocenters. The molecule has 16 heteroatoms. The van der Waals surface area contributed by atoms with E-state index in [4.69, 9.17) is 28.4 Å². The normalized spacial score (nSPS) is 14.1. The van der Waals surface area contributed by atoms with Crippen molar-refractivity contribution in [3.8, 4) is 0 Å². The van der Waals surface area contributed by atoms with Gasteiger partial charge in [-0.2, -0.15) is 0 Å². The molecule has 48 heavy (non-hydrogen) atoms. The molecule has 3 rings (SSSR count). The molecule has 266 valence electrons. The molecule has 4 amide bonds. The van der Waals surface area contributed by atoms with Crippen LogP contribution < -0.4 is 21.6 Å². The van der Waals surface area contributed by atoms with Gasteiger partial charge in [0.25, 0.3) is 11.8 Å². The average Bonchev–Trinajstić information content (AvgIpc) is 3.67. The van der Waals surface area contributed by atoms with Crippen molar-refractivity contribution in [2.24, 2.45) is 0 Å². The molecule has 0 bridgehead atoms. The Kier molecular flexibility index (Phi) is 18.8. The first kappa shape index (κ1) is 38.5. The van der Waals surface area contributed by atoms with E-state index in [0.717, 1.165) is 21.8 Å². The van der Waals surface area contributed by atoms with Crippen molar-refractivity contribution in [3.05, 3.63) is 53.9 Å². The van der Waals surface area contributed by atoms with Crippen LogP contribution in [0.4, 0.5) is 5.69 Å². The molecule has 0 fully saturated rings. The van der Waals surface area contributed by atoms with Crippen LogP contribution >= 0.6 is 0 Å². The number of hydrogen-bond donors (Lipinski definition) is 4. The van der Waals surface area contributed by atoms with Crippen LogP contribution in [0.2, 0.25) is 0 Å². The minimum absolute atomic E-state index is 0.0493. The summed E-state index contributed by atoms with van der Waals surface area (Å²) in [7, 11) is 0. The lowest BCUT2D eigenvalue weighted by Gasteiger charge is -2.14. The molecule has 1 aromatic rings. The number of amides is 4. The monoisotopic (exact) mass is 676 g/mol. The van der Waals surface area contributed by atoms with Crippen molar-refractivity contribution >= 4 is 29.3 Å². The van der Waals surface area contributed by atoms with Gasteiger partial charge in [-0.1, -0.05) is 17.7 Å². The first-order chi connectivity index (χ1) is 23.4. The Bertz CT molecular complexity index is 1180. The lowest BCUT2D eigenvalue weighted by Crippen LogP contribution is -2.38. The number of carbonyl (C=O) groups excluding carboxylic acids is 4. The van der Waals surface area contributed by atoms with Crippen LogP contribution in [0, 0.1) is 6.92 Å². The summed E-state index contributed by atoms with van der Waals surface area (Å²) in [6.07, 6.45) is 4.63. The van der Waals surface area contributed by atoms with Gasteiger partial charge in [-0.05, 0) is 19.1 Å². The van der Waals surface area contributed by atoms with Crippen LogP contribution in [-0.2, 0) is 47.6 Å². The standard InChI is InChI=1S/C32H48N6O10/c1-26-2-4-27(5-3-26)34-30(40)9-13-43-16-18-45-15-12-37-24-28(35-36-37)25-48-23-22-47-21-20-46-19-17-44-14-10-33-29(39)8-11-38-31(41)6-7-32(38)42/h2-7,24,35-36H,8-23,25H2,1H3,(H,33,39)(H,34,40). The SMILES string of the molecule is Cc1ccc(NC(=O)CCOCCOCCN2C=C(COCCOCCOCCOCCNC(=O)CCN3C(=O)C=CC3=O)NN2)cc1. The minimum Gasteiger partial charge on any atom is -0.379 e. The Morgan fingerprint density at radius 2 is 1.27 bits per heavy atom. The smallest absolute Gasteiger partial charge is 0.253 e. The number of nitrogens with one attached hydrogen (secondary N) is 4. The summed E-state index contributed by atoms with van der Waals surface area (Å²) in [5.74, 6) is -1.14. The average molecular weight is 677 g/mol. The maximum atomic E-state index is 12.0. The minimum atomic E-state index is -0.399. The number of hydrogen-bond acceptors (Lipinski definition) is 13. The van der Waals surface area contributed by atoms with Crippen molar-refractivity contribution in [2.45, 2.75) is 19.8 Å². The zero-order chi connectivity index (χ0) is 34.2. The van der Waals surface area contributed by atoms with E-state index in [2.05, 4.69) is 21.6 Å². The third-order valence-electron chi connectivity index (χ3n) is 6.73. The predicted octanol–water partition coefficient (Wildman–Crippen LogP) is 0.0207. The summed E-state index contributed by atoms with van der Waals surface area (Å²) in [5.41, 5.74) is 8.88. The molecule has 0 saturated heterocycles. The fourth-order valence-corrected chi connectivity index (χ4v) is 4.16. The summed E-state index contributed by atoms with van der Waals surface area (Å²) in [6.45, 7) is 7.96. The molecule has 0 spiro atoms. The number of aryl methyl sites for hydroxylation is 1. The number of ether oxygens (including phenoxy) is 6. The highest BCUT2D eigenvalue weighted by molar-refractivity contribution is 6.13. The van der Waals surface area contributed by atoms with E-state index in [1.165, 1.54) is 12.2 Å². The largest absolute Gasteiger partial charge is 0.379 e. The number of nitrogens with zero attached hydrogens (tertiary/aromatic N) is 2. The number of carbonyl (C=O) groups is 4. The number of imide groups is 1. The fraction of sp³-hybridized carbons (Fsp3) is 0.562. The second-order valence-electron chi connectivity index (χ2n) is 10.6. The maximum absolute atomic E-state index is 12.0. The summed E-state index contributed by atoms with van der Waals surface area (Å²) in [6, 6.07) is 7.66. The van der Waals surface area contributed by atoms with Crippen LogP contribution in [0.1, 0.15) is 18.4 Å². The lowest BCUT2D eigenvalue weighted by atomic mass is 10.2. The Labute approximate surface area is 281 Å². The molecule has 2 aliphatic rings. The van der Waals surface area contributed by atoms with E-state index < -0.39 is 11.8 Å². The molecular weight excluding hydrogens is 628 g/mol. The van der Waals surface area contributed by atoms with Crippen LogP contribution in [0.3, 0.4) is 0 Å². The molecule has 0 unspecified atom stereocenters. The Balaban J connectivity index is 1.02. The highest BCUT2D eigenvalue weighted by atomic mass is 16.6. The summed E-state index contributed by atoms with van der Waals surface area (Å²) >= 11 is 0. The van der Waals surface area contributed by atoms with E-state index in [-0.39, 0.29) is 31.2 Å². The summed E-state index contributed by atoms with van der Waals surface area (Å²) < 4.78 is 33.1. The Morgan fingerprint density at radius 3 is 1.94 bits per heavy atom. The van der Waals surface area contributed by atoms with E-state index in [1.54, 1.807) is 0 Å². The van der Waals surface area contributed by atoms with Crippen molar-refractivity contribution in [3.63, 3.8) is 0 Å². The molecule has 0 aliphatic carbocycles. The number of hydrazine groups is 2. The van der Waals surface area contributed by atoms with Crippen LogP contribution in [0.5, 0.6) is 0 Å². The second-order valence-corrected chi connectivity index (χ2v) is 10.6. The van der Waals surface area contributed by atoms with Gasteiger partial charge in [0, 0.05) is 43.5 Å². The Morgan fingerprint density at radius 1 is 0.688 bits per heavy atom. The number of rotatable bonds is 27. The topological polar surface area (TPSA) is 178 Å². The molecule has 4 N–H and O–H groups in total. The van der Waals surface area contributed by atoms with Crippen molar-refractivity contribution in [2.75, 3.05) is 104 Å². The predicted molar refractivity (Wildman–Crippen MR) is 174 cm³/mol. The van der Waals surface area contributed by atoms with E-state index in [0.29, 0.717) is 92.4 Å². The maximum Gasteiger partial charge on any atom is 0.253 e. The van der Waals surface area contributed by atoms with Crippen LogP contribution in [0.25, 0.3) is 0 Å². The van der Waals surface area contributed by atoms with Gasteiger partial charge in [-0.3, -0.25) is 29.1 Å². The van der Waals surface area contributed by atoms with E-state index >= 15 is 0 Å². The van der Waals surface area contributed by atoms with Crippen LogP contribution in [0.15, 0.2) is 48.3 Å². The van der Waals surface area contributed by atoms with E-state index in [9.17, 15) is 19.2 Å². The second kappa shape index (κ2) is 23.4. The molecule has 2 heterocycles. The van der Waals surface area contributed by atoms with Crippen molar-refractivity contribution in [1.82, 2.24) is 26.2 Å². The number of anilines is 1. The first-order valence-electron chi connectivity index (χ1n) is 16.0. The van der Waals surface area contributed by atoms with Gasteiger partial charge in [0.2, 0.25) is 11.8 Å². The number of benzene rings is 1. The van der Waals surface area contributed by atoms with Gasteiger partial charge >= 0.3 is 0 Å². The van der Waals surface area contributed by atoms with Crippen molar-refractivity contribution < 1.29 is 47.6 Å². The summed E-state index contributed by atoms with van der Waals surface area (Å²) in [5, 5.41) is 7.39. The van der Waals surface area contributed by atoms with Gasteiger partial charge in [-0.25, -0.2) is 0 Å². The fourth-order valence-electron chi connectivity index (χ4n) is 4.16. The highest BCUT2D eigenvalue weighted by Crippen LogP contribution is 2.09. The van der Waals surface area contributed by atoms with Gasteiger partial charge < -0.3 is 44.5 Å². The first-order valence-corrected chi connectivity index (χ1v) is 16.0. The van der Waals surface area contributed by atoms with Gasteiger partial charge in [0.15, 0.2) is 0 Å². The molecule has 0 radical (unpaired) electrons. The van der Waals surface area contributed by atoms with Gasteiger partial charge in [0.1, 0.15) is 0 Å². The van der Waals surface area contributed by atoms with Crippen LogP contribution in [-0.4, -0.2) is 132 Å². The van der Waals surface area contributed by atoms with Crippen molar-refractivity contribution in [1.29, 1.82) is 0 Å². The van der Waals surface area contributed by atoms with Gasteiger partial charge in [-0.15, -0.1) is 5.53 Å². The lowest BCUT2D eigenvalue weighted by molar-refractivity contribution is -0.137. The highest BCUT2D eigenvalue weighted by Gasteiger charge is 2.23. The zero-order valence-corrected chi connectivity index (χ0v) is 27.5. The molecule has 16 nitrogen and oxygen atoms in total. The molecule has 0 aromatic heterocycles.